The molecule has 0 spiro atoms. The molecule has 1 amide bonds. The molecule has 2 N–H and O–H groups in total. The average Bonchev–Trinajstić information content (AvgIpc) is 3.34. The maximum Gasteiger partial charge on any atom is 0.241 e. The quantitative estimate of drug-likeness (QED) is 0.861. The third-order valence-electron chi connectivity index (χ3n) is 3.77. The fraction of sp³-hybridized carbons (Fsp3) is 0.278. The van der Waals surface area contributed by atoms with Crippen molar-refractivity contribution < 1.29 is 9.18 Å². The highest BCUT2D eigenvalue weighted by atomic mass is 19.1. The minimum Gasteiger partial charge on any atom is -0.352 e. The molecular formula is C18H19FN2O. The number of halogens is 1. The summed E-state index contributed by atoms with van der Waals surface area (Å²) in [6, 6.07) is 16.0. The highest BCUT2D eigenvalue weighted by molar-refractivity contribution is 5.83. The first-order valence-corrected chi connectivity index (χ1v) is 7.56. The van der Waals surface area contributed by atoms with Gasteiger partial charge in [-0.1, -0.05) is 48.5 Å². The van der Waals surface area contributed by atoms with E-state index in [0.29, 0.717) is 18.2 Å². The molecular weight excluding hydrogens is 279 g/mol. The Hall–Kier alpha value is -2.20. The largest absolute Gasteiger partial charge is 0.352 e. The summed E-state index contributed by atoms with van der Waals surface area (Å²) in [6.45, 7) is 0.310. The van der Waals surface area contributed by atoms with Crippen molar-refractivity contribution >= 4 is 5.91 Å². The molecule has 22 heavy (non-hydrogen) atoms. The van der Waals surface area contributed by atoms with Gasteiger partial charge in [0.2, 0.25) is 5.91 Å². The normalized spacial score (nSPS) is 15.3. The topological polar surface area (TPSA) is 41.1 Å². The van der Waals surface area contributed by atoms with Crippen LogP contribution >= 0.6 is 0 Å². The van der Waals surface area contributed by atoms with Gasteiger partial charge in [-0.3, -0.25) is 10.1 Å². The Morgan fingerprint density at radius 2 is 1.77 bits per heavy atom. The summed E-state index contributed by atoms with van der Waals surface area (Å²) in [5.41, 5.74) is 1.44. The van der Waals surface area contributed by atoms with Gasteiger partial charge in [-0.25, -0.2) is 4.39 Å². The molecule has 1 atom stereocenters. The second kappa shape index (κ2) is 6.71. The van der Waals surface area contributed by atoms with Gasteiger partial charge in [0.25, 0.3) is 0 Å². The average molecular weight is 298 g/mol. The van der Waals surface area contributed by atoms with Gasteiger partial charge in [-0.15, -0.1) is 0 Å². The first-order chi connectivity index (χ1) is 10.7. The third-order valence-corrected chi connectivity index (χ3v) is 3.77. The smallest absolute Gasteiger partial charge is 0.241 e. The van der Waals surface area contributed by atoms with E-state index in [1.807, 2.05) is 30.3 Å². The van der Waals surface area contributed by atoms with Crippen LogP contribution in [0.2, 0.25) is 0 Å². The highest BCUT2D eigenvalue weighted by Gasteiger charge is 2.28. The Kier molecular flexibility index (Phi) is 4.49. The molecule has 0 bridgehead atoms. The summed E-state index contributed by atoms with van der Waals surface area (Å²) in [5.74, 6) is -0.311. The van der Waals surface area contributed by atoms with Crippen LogP contribution < -0.4 is 10.6 Å². The predicted octanol–water partition coefficient (Wildman–Crippen LogP) is 2.94. The molecule has 2 aromatic rings. The maximum atomic E-state index is 13.7. The zero-order valence-corrected chi connectivity index (χ0v) is 12.3. The molecule has 0 radical (unpaired) electrons. The number of amides is 1. The van der Waals surface area contributed by atoms with Crippen LogP contribution in [-0.2, 0) is 11.3 Å². The van der Waals surface area contributed by atoms with E-state index in [9.17, 15) is 9.18 Å². The lowest BCUT2D eigenvalue weighted by molar-refractivity contribution is -0.123. The molecule has 114 valence electrons. The summed E-state index contributed by atoms with van der Waals surface area (Å²) in [4.78, 5) is 12.4. The minimum atomic E-state index is -0.471. The number of hydrogen-bond donors (Lipinski definition) is 2. The van der Waals surface area contributed by atoms with Crippen LogP contribution in [0.3, 0.4) is 0 Å². The Labute approximate surface area is 129 Å². The van der Waals surface area contributed by atoms with E-state index in [1.54, 1.807) is 18.2 Å². The van der Waals surface area contributed by atoms with Crippen molar-refractivity contribution in [1.82, 2.24) is 10.6 Å². The van der Waals surface area contributed by atoms with Crippen molar-refractivity contribution in [2.24, 2.45) is 0 Å². The van der Waals surface area contributed by atoms with Crippen molar-refractivity contribution in [3.05, 3.63) is 71.5 Å². The van der Waals surface area contributed by atoms with Crippen molar-refractivity contribution in [1.29, 1.82) is 0 Å². The van der Waals surface area contributed by atoms with E-state index < -0.39 is 6.04 Å². The number of rotatable bonds is 6. The SMILES string of the molecule is O=C(NC1CC1)C(NCc1ccccc1F)c1ccccc1. The second-order valence-electron chi connectivity index (χ2n) is 5.60. The first-order valence-electron chi connectivity index (χ1n) is 7.56. The summed E-state index contributed by atoms with van der Waals surface area (Å²) < 4.78 is 13.7. The van der Waals surface area contributed by atoms with Crippen molar-refractivity contribution in [2.45, 2.75) is 31.5 Å². The van der Waals surface area contributed by atoms with E-state index in [-0.39, 0.29) is 11.7 Å². The zero-order valence-electron chi connectivity index (χ0n) is 12.3. The van der Waals surface area contributed by atoms with Gasteiger partial charge in [0.15, 0.2) is 0 Å². The standard InChI is InChI=1S/C18H19FN2O/c19-16-9-5-4-8-14(16)12-20-17(13-6-2-1-3-7-13)18(22)21-15-10-11-15/h1-9,15,17,20H,10-12H2,(H,21,22). The van der Waals surface area contributed by atoms with Gasteiger partial charge in [-0.05, 0) is 24.5 Å². The lowest BCUT2D eigenvalue weighted by Gasteiger charge is -2.19. The molecule has 0 heterocycles. The molecule has 2 aromatic carbocycles. The van der Waals surface area contributed by atoms with Crippen molar-refractivity contribution in [3.8, 4) is 0 Å². The molecule has 0 saturated heterocycles. The summed E-state index contributed by atoms with van der Waals surface area (Å²) in [5, 5.41) is 6.18. The zero-order chi connectivity index (χ0) is 15.4. The Morgan fingerprint density at radius 1 is 1.09 bits per heavy atom. The van der Waals surface area contributed by atoms with Crippen LogP contribution in [-0.4, -0.2) is 11.9 Å². The second-order valence-corrected chi connectivity index (χ2v) is 5.60. The molecule has 1 aliphatic rings. The summed E-state index contributed by atoms with van der Waals surface area (Å²) >= 11 is 0. The summed E-state index contributed by atoms with van der Waals surface area (Å²) in [7, 11) is 0. The maximum absolute atomic E-state index is 13.7. The fourth-order valence-electron chi connectivity index (χ4n) is 2.37. The van der Waals surface area contributed by atoms with Gasteiger partial charge >= 0.3 is 0 Å². The first kappa shape index (κ1) is 14.7. The van der Waals surface area contributed by atoms with Crippen molar-refractivity contribution in [2.75, 3.05) is 0 Å². The van der Waals surface area contributed by atoms with E-state index in [4.69, 9.17) is 0 Å². The minimum absolute atomic E-state index is 0.0509. The van der Waals surface area contributed by atoms with Gasteiger partial charge in [0.1, 0.15) is 11.9 Å². The van der Waals surface area contributed by atoms with E-state index in [0.717, 1.165) is 18.4 Å². The number of carbonyl (C=O) groups excluding carboxylic acids is 1. The van der Waals surface area contributed by atoms with Crippen LogP contribution in [0, 0.1) is 5.82 Å². The number of nitrogens with one attached hydrogen (secondary N) is 2. The van der Waals surface area contributed by atoms with Gasteiger partial charge in [0.05, 0.1) is 0 Å². The van der Waals surface area contributed by atoms with Crippen LogP contribution in [0.25, 0.3) is 0 Å². The Bertz CT molecular complexity index is 641. The highest BCUT2D eigenvalue weighted by Crippen LogP contribution is 2.21. The molecule has 3 rings (SSSR count). The van der Waals surface area contributed by atoms with E-state index >= 15 is 0 Å². The van der Waals surface area contributed by atoms with Gasteiger partial charge in [0, 0.05) is 18.2 Å². The Morgan fingerprint density at radius 3 is 2.45 bits per heavy atom. The van der Waals surface area contributed by atoms with Crippen LogP contribution in [0.15, 0.2) is 54.6 Å². The lowest BCUT2D eigenvalue weighted by Crippen LogP contribution is -2.38. The van der Waals surface area contributed by atoms with Gasteiger partial charge in [-0.2, -0.15) is 0 Å². The van der Waals surface area contributed by atoms with E-state index in [1.165, 1.54) is 6.07 Å². The van der Waals surface area contributed by atoms with Crippen LogP contribution in [0.5, 0.6) is 0 Å². The third kappa shape index (κ3) is 3.71. The summed E-state index contributed by atoms with van der Waals surface area (Å²) in [6.07, 6.45) is 2.08. The van der Waals surface area contributed by atoms with Crippen molar-refractivity contribution in [3.63, 3.8) is 0 Å². The number of benzene rings is 2. The molecule has 0 aromatic heterocycles. The molecule has 0 aliphatic heterocycles. The molecule has 1 unspecified atom stereocenters. The number of hydrogen-bond acceptors (Lipinski definition) is 2. The molecule has 3 nitrogen and oxygen atoms in total. The van der Waals surface area contributed by atoms with Crippen LogP contribution in [0.1, 0.15) is 30.0 Å². The number of carbonyl (C=O) groups is 1. The van der Waals surface area contributed by atoms with Gasteiger partial charge < -0.3 is 5.32 Å². The fourth-order valence-corrected chi connectivity index (χ4v) is 2.37. The van der Waals surface area contributed by atoms with Crippen LogP contribution in [0.4, 0.5) is 4.39 Å². The molecule has 1 fully saturated rings. The van der Waals surface area contributed by atoms with E-state index in [2.05, 4.69) is 10.6 Å². The lowest BCUT2D eigenvalue weighted by atomic mass is 10.1. The Balaban J connectivity index is 1.73. The molecule has 4 heteroatoms. The molecule has 1 saturated carbocycles. The predicted molar refractivity (Wildman–Crippen MR) is 83.6 cm³/mol. The monoisotopic (exact) mass is 298 g/mol. The molecule has 1 aliphatic carbocycles.